The Bertz CT molecular complexity index is 535. The van der Waals surface area contributed by atoms with Gasteiger partial charge in [0.05, 0.1) is 24.7 Å². The first-order valence-electron chi connectivity index (χ1n) is 4.36. The minimum atomic E-state index is 0.348. The van der Waals surface area contributed by atoms with Crippen molar-refractivity contribution >= 4 is 11.5 Å². The molecule has 0 aliphatic carbocycles. The van der Waals surface area contributed by atoms with E-state index in [1.165, 1.54) is 10.9 Å². The maximum absolute atomic E-state index is 6.89. The van der Waals surface area contributed by atoms with Crippen LogP contribution in [0.15, 0.2) is 24.7 Å². The highest BCUT2D eigenvalue weighted by atomic mass is 15.3. The summed E-state index contributed by atoms with van der Waals surface area (Å²) in [7, 11) is 0. The average molecular weight is 199 g/mol. The second kappa shape index (κ2) is 3.42. The number of aryl methyl sites for hydroxylation is 1. The smallest absolute Gasteiger partial charge is 0.247 e. The Hall–Kier alpha value is -2.35. The van der Waals surface area contributed by atoms with Crippen LogP contribution in [-0.2, 0) is 0 Å². The molecule has 0 saturated heterocycles. The third kappa shape index (κ3) is 1.42. The number of rotatable bonds is 1. The molecule has 0 unspecified atom stereocenters. The van der Waals surface area contributed by atoms with Crippen LogP contribution in [0.25, 0.3) is 10.5 Å². The summed E-state index contributed by atoms with van der Waals surface area (Å²) < 4.78 is 1.52. The van der Waals surface area contributed by atoms with Crippen molar-refractivity contribution in [1.29, 1.82) is 0 Å². The molecule has 0 spiro atoms. The monoisotopic (exact) mass is 199 g/mol. The van der Waals surface area contributed by atoms with Gasteiger partial charge in [-0.2, -0.15) is 5.10 Å². The van der Waals surface area contributed by atoms with Crippen molar-refractivity contribution in [2.45, 2.75) is 6.92 Å². The molecule has 74 valence electrons. The summed E-state index contributed by atoms with van der Waals surface area (Å²) in [5.74, 6) is 0.348. The third-order valence-electron chi connectivity index (χ3n) is 2.15. The molecule has 0 atom stereocenters. The van der Waals surface area contributed by atoms with E-state index in [-0.39, 0.29) is 0 Å². The molecule has 0 fully saturated rings. The van der Waals surface area contributed by atoms with Crippen molar-refractivity contribution in [1.82, 2.24) is 14.8 Å². The second-order valence-corrected chi connectivity index (χ2v) is 3.10. The molecule has 2 N–H and O–H groups in total. The minimum absolute atomic E-state index is 0.348. The van der Waals surface area contributed by atoms with E-state index < -0.39 is 0 Å². The van der Waals surface area contributed by atoms with E-state index in [1.807, 2.05) is 13.0 Å². The molecule has 2 rings (SSSR count). The lowest BCUT2D eigenvalue weighted by Crippen LogP contribution is -2.03. The fourth-order valence-electron chi connectivity index (χ4n) is 1.30. The van der Waals surface area contributed by atoms with E-state index in [2.05, 4.69) is 14.9 Å². The Balaban J connectivity index is 2.61. The third-order valence-corrected chi connectivity index (χ3v) is 2.15. The van der Waals surface area contributed by atoms with E-state index in [9.17, 15) is 0 Å². The van der Waals surface area contributed by atoms with Gasteiger partial charge >= 0.3 is 0 Å². The zero-order valence-electron chi connectivity index (χ0n) is 8.18. The molecule has 2 aromatic heterocycles. The van der Waals surface area contributed by atoms with E-state index in [4.69, 9.17) is 12.3 Å². The highest BCUT2D eigenvalue weighted by molar-refractivity contribution is 5.64. The van der Waals surface area contributed by atoms with Gasteiger partial charge in [0.15, 0.2) is 0 Å². The molecule has 0 bridgehead atoms. The molecule has 5 heteroatoms. The van der Waals surface area contributed by atoms with E-state index in [0.717, 1.165) is 11.3 Å². The molecule has 0 aliphatic rings. The first kappa shape index (κ1) is 9.21. The highest BCUT2D eigenvalue weighted by Gasteiger charge is 2.09. The van der Waals surface area contributed by atoms with Crippen LogP contribution >= 0.6 is 0 Å². The van der Waals surface area contributed by atoms with Gasteiger partial charge in [-0.25, -0.2) is 9.53 Å². The lowest BCUT2D eigenvalue weighted by molar-refractivity contribution is 0.876. The normalized spacial score (nSPS) is 9.87. The fourth-order valence-corrected chi connectivity index (χ4v) is 1.30. The van der Waals surface area contributed by atoms with Gasteiger partial charge in [0.25, 0.3) is 0 Å². The van der Waals surface area contributed by atoms with E-state index >= 15 is 0 Å². The number of anilines is 1. The zero-order chi connectivity index (χ0) is 10.8. The summed E-state index contributed by atoms with van der Waals surface area (Å²) in [4.78, 5) is 7.27. The van der Waals surface area contributed by atoms with Crippen molar-refractivity contribution in [2.75, 3.05) is 5.73 Å². The molecule has 0 saturated carbocycles. The molecule has 15 heavy (non-hydrogen) atoms. The molecule has 0 radical (unpaired) electrons. The van der Waals surface area contributed by atoms with Crippen LogP contribution < -0.4 is 5.73 Å². The Kier molecular flexibility index (Phi) is 2.10. The van der Waals surface area contributed by atoms with Gasteiger partial charge in [-0.05, 0) is 18.6 Å². The van der Waals surface area contributed by atoms with Crippen LogP contribution in [0.1, 0.15) is 5.56 Å². The molecule has 0 aromatic carbocycles. The SMILES string of the molecule is [C-]#[N+]c1cnn(-c2cnccc2C)c1N. The van der Waals surface area contributed by atoms with Gasteiger partial charge in [-0.1, -0.05) is 0 Å². The highest BCUT2D eigenvalue weighted by Crippen LogP contribution is 2.24. The zero-order valence-corrected chi connectivity index (χ0v) is 8.18. The Morgan fingerprint density at radius 3 is 2.87 bits per heavy atom. The number of aromatic nitrogens is 3. The summed E-state index contributed by atoms with van der Waals surface area (Å²) in [6, 6.07) is 1.87. The summed E-state index contributed by atoms with van der Waals surface area (Å²) in [6.45, 7) is 8.83. The molecule has 0 amide bonds. The van der Waals surface area contributed by atoms with Crippen LogP contribution in [0.5, 0.6) is 0 Å². The number of hydrogen-bond donors (Lipinski definition) is 1. The van der Waals surface area contributed by atoms with Crippen molar-refractivity contribution < 1.29 is 0 Å². The van der Waals surface area contributed by atoms with Gasteiger partial charge in [-0.15, -0.1) is 0 Å². The van der Waals surface area contributed by atoms with Crippen molar-refractivity contribution in [3.63, 3.8) is 0 Å². The number of nitrogens with zero attached hydrogens (tertiary/aromatic N) is 4. The summed E-state index contributed by atoms with van der Waals surface area (Å²) >= 11 is 0. The van der Waals surface area contributed by atoms with Gasteiger partial charge in [0.1, 0.15) is 5.82 Å². The lowest BCUT2D eigenvalue weighted by Gasteiger charge is -2.06. The largest absolute Gasteiger partial charge is 0.392 e. The molecule has 2 aromatic rings. The second-order valence-electron chi connectivity index (χ2n) is 3.10. The van der Waals surface area contributed by atoms with Gasteiger partial charge < -0.3 is 5.73 Å². The van der Waals surface area contributed by atoms with Crippen molar-refractivity contribution in [3.05, 3.63) is 41.6 Å². The predicted molar refractivity (Wildman–Crippen MR) is 56.8 cm³/mol. The first-order chi connectivity index (χ1) is 7.24. The van der Waals surface area contributed by atoms with Crippen molar-refractivity contribution in [3.8, 4) is 5.69 Å². The molecule has 5 nitrogen and oxygen atoms in total. The average Bonchev–Trinajstić information content (AvgIpc) is 2.60. The first-order valence-corrected chi connectivity index (χ1v) is 4.36. The Morgan fingerprint density at radius 1 is 1.47 bits per heavy atom. The maximum atomic E-state index is 6.89. The number of nitrogen functional groups attached to an aromatic ring is 1. The van der Waals surface area contributed by atoms with E-state index in [0.29, 0.717) is 11.5 Å². The minimum Gasteiger partial charge on any atom is -0.392 e. The quantitative estimate of drug-likeness (QED) is 0.711. The molecular formula is C10H9N5. The standard InChI is InChI=1S/C10H9N5/c1-7-3-4-13-6-9(7)15-10(11)8(12-2)5-14-15/h3-6H,11H2,1H3. The Labute approximate surface area is 87.0 Å². The number of hydrogen-bond acceptors (Lipinski definition) is 3. The van der Waals surface area contributed by atoms with Crippen LogP contribution in [0.3, 0.4) is 0 Å². The van der Waals surface area contributed by atoms with Gasteiger partial charge in [0, 0.05) is 6.20 Å². The summed E-state index contributed by atoms with van der Waals surface area (Å²) in [5.41, 5.74) is 7.94. The fraction of sp³-hybridized carbons (Fsp3) is 0.100. The van der Waals surface area contributed by atoms with Crippen molar-refractivity contribution in [2.24, 2.45) is 0 Å². The number of pyridine rings is 1. The number of nitrogens with two attached hydrogens (primary N) is 1. The topological polar surface area (TPSA) is 61.1 Å². The molecular weight excluding hydrogens is 190 g/mol. The van der Waals surface area contributed by atoms with Crippen LogP contribution in [0.2, 0.25) is 0 Å². The lowest BCUT2D eigenvalue weighted by atomic mass is 10.2. The van der Waals surface area contributed by atoms with Gasteiger partial charge in [0.2, 0.25) is 5.69 Å². The van der Waals surface area contributed by atoms with Crippen LogP contribution in [-0.4, -0.2) is 14.8 Å². The van der Waals surface area contributed by atoms with Crippen LogP contribution in [0, 0.1) is 13.5 Å². The molecule has 2 heterocycles. The summed E-state index contributed by atoms with van der Waals surface area (Å²) in [6.07, 6.45) is 4.83. The van der Waals surface area contributed by atoms with Crippen LogP contribution in [0.4, 0.5) is 11.5 Å². The predicted octanol–water partition coefficient (Wildman–Crippen LogP) is 1.71. The van der Waals surface area contributed by atoms with Gasteiger partial charge in [-0.3, -0.25) is 4.98 Å². The van der Waals surface area contributed by atoms with E-state index in [1.54, 1.807) is 12.4 Å². The Morgan fingerprint density at radius 2 is 2.27 bits per heavy atom. The molecule has 0 aliphatic heterocycles. The summed E-state index contributed by atoms with van der Waals surface area (Å²) in [5, 5.41) is 4.06. The maximum Gasteiger partial charge on any atom is 0.247 e.